The van der Waals surface area contributed by atoms with Gasteiger partial charge in [-0.05, 0) is 24.3 Å². The number of nitrogens with zero attached hydrogens (tertiary/aromatic N) is 1. The molecule has 1 aromatic rings. The lowest BCUT2D eigenvalue weighted by Crippen LogP contribution is -2.48. The van der Waals surface area contributed by atoms with Crippen LogP contribution in [-0.4, -0.2) is 42.3 Å². The van der Waals surface area contributed by atoms with Crippen LogP contribution in [0.2, 0.25) is 0 Å². The molecule has 3 N–H and O–H groups in total. The first-order chi connectivity index (χ1) is 8.28. The molecule has 1 aliphatic heterocycles. The van der Waals surface area contributed by atoms with E-state index in [0.29, 0.717) is 5.92 Å². The van der Waals surface area contributed by atoms with Crippen molar-refractivity contribution in [3.05, 3.63) is 35.9 Å². The molecule has 1 aliphatic rings. The van der Waals surface area contributed by atoms with Crippen LogP contribution < -0.4 is 5.73 Å². The zero-order chi connectivity index (χ0) is 12.1. The maximum atomic E-state index is 9.00. The highest BCUT2D eigenvalue weighted by Crippen LogP contribution is 2.20. The minimum absolute atomic E-state index is 0.227. The third-order valence-corrected chi connectivity index (χ3v) is 3.43. The van der Waals surface area contributed by atoms with Gasteiger partial charge in [-0.15, -0.1) is 0 Å². The highest BCUT2D eigenvalue weighted by atomic mass is 16.3. The molecule has 0 aliphatic carbocycles. The van der Waals surface area contributed by atoms with Crippen LogP contribution in [0.3, 0.4) is 0 Å². The number of β-amino-alcohol motifs (C(OH)–C–C–N with tert-alkyl or cyclic N) is 1. The molecule has 94 valence electrons. The van der Waals surface area contributed by atoms with Crippen molar-refractivity contribution in [2.45, 2.75) is 18.9 Å². The molecule has 1 fully saturated rings. The fourth-order valence-corrected chi connectivity index (χ4v) is 2.77. The van der Waals surface area contributed by atoms with Gasteiger partial charge in [0.15, 0.2) is 0 Å². The van der Waals surface area contributed by atoms with Crippen molar-refractivity contribution in [1.29, 1.82) is 0 Å². The number of piperidine rings is 1. The van der Waals surface area contributed by atoms with Gasteiger partial charge in [-0.2, -0.15) is 0 Å². The molecular formula is C14H22N2O. The molecule has 1 heterocycles. The second-order valence-electron chi connectivity index (χ2n) is 5.03. The van der Waals surface area contributed by atoms with Gasteiger partial charge in [0.05, 0.1) is 6.61 Å². The van der Waals surface area contributed by atoms with Gasteiger partial charge in [0.25, 0.3) is 0 Å². The van der Waals surface area contributed by atoms with Crippen molar-refractivity contribution in [3.63, 3.8) is 0 Å². The van der Waals surface area contributed by atoms with Crippen LogP contribution in [-0.2, 0) is 6.42 Å². The Bertz CT molecular complexity index is 328. The van der Waals surface area contributed by atoms with Crippen LogP contribution in [0.1, 0.15) is 12.0 Å². The van der Waals surface area contributed by atoms with E-state index < -0.39 is 0 Å². The van der Waals surface area contributed by atoms with Crippen molar-refractivity contribution in [2.24, 2.45) is 11.7 Å². The third kappa shape index (κ3) is 3.80. The Hall–Kier alpha value is -0.900. The van der Waals surface area contributed by atoms with E-state index in [1.165, 1.54) is 5.56 Å². The predicted octanol–water partition coefficient (Wildman–Crippen LogP) is 0.871. The molecule has 0 bridgehead atoms. The number of aliphatic hydroxyl groups excluding tert-OH is 1. The van der Waals surface area contributed by atoms with Gasteiger partial charge in [-0.25, -0.2) is 0 Å². The van der Waals surface area contributed by atoms with Crippen LogP contribution in [0.25, 0.3) is 0 Å². The molecule has 1 saturated heterocycles. The summed E-state index contributed by atoms with van der Waals surface area (Å²) in [6.45, 7) is 2.96. The van der Waals surface area contributed by atoms with E-state index in [9.17, 15) is 0 Å². The molecule has 17 heavy (non-hydrogen) atoms. The highest BCUT2D eigenvalue weighted by molar-refractivity contribution is 5.15. The van der Waals surface area contributed by atoms with Gasteiger partial charge < -0.3 is 10.8 Å². The monoisotopic (exact) mass is 234 g/mol. The molecule has 2 atom stereocenters. The van der Waals surface area contributed by atoms with Gasteiger partial charge in [0.2, 0.25) is 0 Å². The lowest BCUT2D eigenvalue weighted by molar-refractivity contribution is 0.127. The van der Waals surface area contributed by atoms with E-state index in [-0.39, 0.29) is 12.6 Å². The maximum Gasteiger partial charge on any atom is 0.0558 e. The van der Waals surface area contributed by atoms with Crippen LogP contribution in [0, 0.1) is 5.92 Å². The minimum Gasteiger partial charge on any atom is -0.395 e. The molecular weight excluding hydrogens is 212 g/mol. The van der Waals surface area contributed by atoms with E-state index in [1.807, 2.05) is 6.07 Å². The van der Waals surface area contributed by atoms with Crippen LogP contribution in [0.5, 0.6) is 0 Å². The Kier molecular flexibility index (Phi) is 4.54. The lowest BCUT2D eigenvalue weighted by atomic mass is 9.89. The van der Waals surface area contributed by atoms with Gasteiger partial charge in [0, 0.05) is 25.7 Å². The fourth-order valence-electron chi connectivity index (χ4n) is 2.77. The average molecular weight is 234 g/mol. The average Bonchev–Trinajstić information content (AvgIpc) is 2.30. The summed E-state index contributed by atoms with van der Waals surface area (Å²) in [7, 11) is 0. The number of benzene rings is 1. The van der Waals surface area contributed by atoms with E-state index in [2.05, 4.69) is 29.2 Å². The molecule has 3 nitrogen and oxygen atoms in total. The van der Waals surface area contributed by atoms with Crippen molar-refractivity contribution < 1.29 is 5.11 Å². The maximum absolute atomic E-state index is 9.00. The molecule has 0 radical (unpaired) electrons. The summed E-state index contributed by atoms with van der Waals surface area (Å²) in [4.78, 5) is 2.28. The third-order valence-electron chi connectivity index (χ3n) is 3.43. The normalized spacial score (nSPS) is 26.0. The SMILES string of the molecule is NC1CC(Cc2ccccc2)CN(CCO)C1. The largest absolute Gasteiger partial charge is 0.395 e. The Labute approximate surface area is 103 Å². The zero-order valence-electron chi connectivity index (χ0n) is 10.3. The molecule has 2 unspecified atom stereocenters. The van der Waals surface area contributed by atoms with Gasteiger partial charge in [-0.3, -0.25) is 4.90 Å². The lowest BCUT2D eigenvalue weighted by Gasteiger charge is -2.36. The number of hydrogen-bond donors (Lipinski definition) is 2. The number of hydrogen-bond acceptors (Lipinski definition) is 3. The van der Waals surface area contributed by atoms with Crippen LogP contribution in [0.4, 0.5) is 0 Å². The molecule has 3 heteroatoms. The molecule has 0 aromatic heterocycles. The summed E-state index contributed by atoms with van der Waals surface area (Å²) in [6, 6.07) is 10.8. The summed E-state index contributed by atoms with van der Waals surface area (Å²) < 4.78 is 0. The summed E-state index contributed by atoms with van der Waals surface area (Å²) in [5.41, 5.74) is 7.46. The fraction of sp³-hybridized carbons (Fsp3) is 0.571. The first kappa shape index (κ1) is 12.6. The number of rotatable bonds is 4. The number of likely N-dealkylation sites (tertiary alicyclic amines) is 1. The Balaban J connectivity index is 1.92. The van der Waals surface area contributed by atoms with Gasteiger partial charge >= 0.3 is 0 Å². The van der Waals surface area contributed by atoms with E-state index >= 15 is 0 Å². The van der Waals surface area contributed by atoms with Crippen molar-refractivity contribution in [1.82, 2.24) is 4.90 Å². The number of nitrogens with two attached hydrogens (primary N) is 1. The van der Waals surface area contributed by atoms with E-state index in [1.54, 1.807) is 0 Å². The standard InChI is InChI=1S/C14H22N2O/c15-14-9-13(10-16(11-14)6-7-17)8-12-4-2-1-3-5-12/h1-5,13-14,17H,6-11,15H2. The smallest absolute Gasteiger partial charge is 0.0558 e. The quantitative estimate of drug-likeness (QED) is 0.813. The van der Waals surface area contributed by atoms with Gasteiger partial charge in [-0.1, -0.05) is 30.3 Å². The summed E-state index contributed by atoms with van der Waals surface area (Å²) in [6.07, 6.45) is 2.19. The van der Waals surface area contributed by atoms with Crippen LogP contribution >= 0.6 is 0 Å². The number of aliphatic hydroxyl groups is 1. The second-order valence-corrected chi connectivity index (χ2v) is 5.03. The zero-order valence-corrected chi connectivity index (χ0v) is 10.3. The molecule has 2 rings (SSSR count). The van der Waals surface area contributed by atoms with Crippen molar-refractivity contribution in [3.8, 4) is 0 Å². The summed E-state index contributed by atoms with van der Waals surface area (Å²) in [5.74, 6) is 0.618. The predicted molar refractivity (Wildman–Crippen MR) is 69.8 cm³/mol. The van der Waals surface area contributed by atoms with E-state index in [4.69, 9.17) is 10.8 Å². The summed E-state index contributed by atoms with van der Waals surface area (Å²) in [5, 5.41) is 9.00. The molecule has 0 amide bonds. The Morgan fingerprint density at radius 3 is 2.71 bits per heavy atom. The first-order valence-corrected chi connectivity index (χ1v) is 6.40. The molecule has 1 aromatic carbocycles. The van der Waals surface area contributed by atoms with Gasteiger partial charge in [0.1, 0.15) is 0 Å². The second kappa shape index (κ2) is 6.15. The van der Waals surface area contributed by atoms with Crippen molar-refractivity contribution >= 4 is 0 Å². The minimum atomic E-state index is 0.227. The van der Waals surface area contributed by atoms with Crippen molar-refractivity contribution in [2.75, 3.05) is 26.2 Å². The highest BCUT2D eigenvalue weighted by Gasteiger charge is 2.24. The summed E-state index contributed by atoms with van der Waals surface area (Å²) >= 11 is 0. The topological polar surface area (TPSA) is 49.5 Å². The first-order valence-electron chi connectivity index (χ1n) is 6.40. The van der Waals surface area contributed by atoms with E-state index in [0.717, 1.165) is 32.5 Å². The Morgan fingerprint density at radius 1 is 1.24 bits per heavy atom. The Morgan fingerprint density at radius 2 is 2.00 bits per heavy atom. The van der Waals surface area contributed by atoms with Crippen LogP contribution in [0.15, 0.2) is 30.3 Å². The molecule has 0 saturated carbocycles. The molecule has 0 spiro atoms.